The lowest BCUT2D eigenvalue weighted by atomic mass is 10.4. The molecule has 0 aliphatic carbocycles. The summed E-state index contributed by atoms with van der Waals surface area (Å²) in [6.45, 7) is 1.75. The Morgan fingerprint density at radius 3 is 2.82 bits per heavy atom. The summed E-state index contributed by atoms with van der Waals surface area (Å²) < 4.78 is 30.6. The van der Waals surface area contributed by atoms with Crippen molar-refractivity contribution >= 4 is 21.6 Å². The molecule has 9 heteroatoms. The molecule has 22 heavy (non-hydrogen) atoms. The van der Waals surface area contributed by atoms with Gasteiger partial charge in [-0.1, -0.05) is 0 Å². The van der Waals surface area contributed by atoms with E-state index in [1.54, 1.807) is 24.5 Å². The Balaban J connectivity index is 1.68. The number of anilines is 1. The van der Waals surface area contributed by atoms with Crippen molar-refractivity contribution in [3.8, 4) is 0 Å². The number of sulfonamides is 1. The first kappa shape index (κ1) is 16.7. The maximum absolute atomic E-state index is 12.0. The summed E-state index contributed by atoms with van der Waals surface area (Å²) >= 11 is 0. The Labute approximate surface area is 129 Å². The zero-order valence-electron chi connectivity index (χ0n) is 12.2. The fourth-order valence-corrected chi connectivity index (χ4v) is 3.31. The number of carbonyl (C=O) groups excluding carboxylic acids is 1. The number of carbonyl (C=O) groups is 1. The van der Waals surface area contributed by atoms with Gasteiger partial charge in [-0.2, -0.15) is 4.31 Å². The largest absolute Gasteiger partial charge is 0.379 e. The maximum atomic E-state index is 12.0. The number of amides is 1. The molecule has 0 atom stereocenters. The molecule has 1 aromatic rings. The van der Waals surface area contributed by atoms with E-state index in [4.69, 9.17) is 4.74 Å². The van der Waals surface area contributed by atoms with Crippen LogP contribution in [0.5, 0.6) is 0 Å². The molecule has 1 aliphatic heterocycles. The summed E-state index contributed by atoms with van der Waals surface area (Å²) in [7, 11) is -3.34. The van der Waals surface area contributed by atoms with Gasteiger partial charge < -0.3 is 15.4 Å². The summed E-state index contributed by atoms with van der Waals surface area (Å²) in [5, 5.41) is 5.49. The number of ether oxygens (including phenoxy) is 1. The molecule has 2 N–H and O–H groups in total. The van der Waals surface area contributed by atoms with Gasteiger partial charge in [-0.3, -0.25) is 9.78 Å². The summed E-state index contributed by atoms with van der Waals surface area (Å²) in [5.74, 6) is -0.368. The van der Waals surface area contributed by atoms with Crippen LogP contribution in [-0.2, 0) is 19.6 Å². The molecule has 1 amide bonds. The van der Waals surface area contributed by atoms with Crippen molar-refractivity contribution in [3.63, 3.8) is 0 Å². The van der Waals surface area contributed by atoms with Crippen LogP contribution in [0.2, 0.25) is 0 Å². The molecular weight excluding hydrogens is 308 g/mol. The monoisotopic (exact) mass is 328 g/mol. The van der Waals surface area contributed by atoms with E-state index in [1.165, 1.54) is 4.31 Å². The minimum absolute atomic E-state index is 0.0727. The molecule has 1 fully saturated rings. The topological polar surface area (TPSA) is 101 Å². The molecule has 1 saturated heterocycles. The highest BCUT2D eigenvalue weighted by Crippen LogP contribution is 2.05. The minimum Gasteiger partial charge on any atom is -0.379 e. The molecule has 8 nitrogen and oxygen atoms in total. The van der Waals surface area contributed by atoms with E-state index in [1.807, 2.05) is 0 Å². The zero-order valence-corrected chi connectivity index (χ0v) is 13.0. The lowest BCUT2D eigenvalue weighted by Gasteiger charge is -2.26. The normalized spacial score (nSPS) is 16.2. The highest BCUT2D eigenvalue weighted by molar-refractivity contribution is 7.89. The van der Waals surface area contributed by atoms with Crippen molar-refractivity contribution in [2.24, 2.45) is 0 Å². The van der Waals surface area contributed by atoms with Gasteiger partial charge in [0, 0.05) is 32.0 Å². The van der Waals surface area contributed by atoms with Gasteiger partial charge in [0.1, 0.15) is 0 Å². The van der Waals surface area contributed by atoms with E-state index in [0.29, 0.717) is 26.3 Å². The van der Waals surface area contributed by atoms with E-state index < -0.39 is 10.0 Å². The number of pyridine rings is 1. The van der Waals surface area contributed by atoms with Gasteiger partial charge in [0.2, 0.25) is 15.9 Å². The Kier molecular flexibility index (Phi) is 6.10. The van der Waals surface area contributed by atoms with Crippen LogP contribution < -0.4 is 10.6 Å². The van der Waals surface area contributed by atoms with E-state index in [0.717, 1.165) is 5.69 Å². The fourth-order valence-electron chi connectivity index (χ4n) is 1.99. The third-order valence-corrected chi connectivity index (χ3v) is 5.03. The molecule has 0 saturated carbocycles. The van der Waals surface area contributed by atoms with Crippen molar-refractivity contribution in [2.75, 3.05) is 50.5 Å². The highest BCUT2D eigenvalue weighted by Gasteiger charge is 2.23. The summed E-state index contributed by atoms with van der Waals surface area (Å²) in [4.78, 5) is 15.6. The van der Waals surface area contributed by atoms with Crippen molar-refractivity contribution in [2.45, 2.75) is 0 Å². The average molecular weight is 328 g/mol. The molecule has 1 aromatic heterocycles. The van der Waals surface area contributed by atoms with Crippen LogP contribution in [0.4, 0.5) is 5.69 Å². The Morgan fingerprint density at radius 2 is 2.14 bits per heavy atom. The van der Waals surface area contributed by atoms with Gasteiger partial charge in [0.15, 0.2) is 0 Å². The molecule has 2 rings (SSSR count). The standard InChI is InChI=1S/C13H20N4O4S/c18-13(11-16-12-2-1-3-14-10-12)15-4-9-22(19,20)17-5-7-21-8-6-17/h1-3,10,16H,4-9,11H2,(H,15,18). The van der Waals surface area contributed by atoms with Crippen molar-refractivity contribution < 1.29 is 17.9 Å². The second-order valence-corrected chi connectivity index (χ2v) is 6.86. The molecule has 0 aromatic carbocycles. The van der Waals surface area contributed by atoms with Crippen LogP contribution in [0, 0.1) is 0 Å². The molecular formula is C13H20N4O4S. The van der Waals surface area contributed by atoms with E-state index in [2.05, 4.69) is 15.6 Å². The van der Waals surface area contributed by atoms with Gasteiger partial charge in [-0.25, -0.2) is 8.42 Å². The van der Waals surface area contributed by atoms with E-state index >= 15 is 0 Å². The fraction of sp³-hybridized carbons (Fsp3) is 0.538. The molecule has 122 valence electrons. The van der Waals surface area contributed by atoms with Crippen LogP contribution in [0.15, 0.2) is 24.5 Å². The van der Waals surface area contributed by atoms with Crippen LogP contribution in [0.3, 0.4) is 0 Å². The highest BCUT2D eigenvalue weighted by atomic mass is 32.2. The smallest absolute Gasteiger partial charge is 0.239 e. The van der Waals surface area contributed by atoms with Gasteiger partial charge >= 0.3 is 0 Å². The Hall–Kier alpha value is -1.71. The third kappa shape index (κ3) is 5.24. The average Bonchev–Trinajstić information content (AvgIpc) is 2.54. The van der Waals surface area contributed by atoms with Crippen LogP contribution in [-0.4, -0.2) is 68.8 Å². The van der Waals surface area contributed by atoms with E-state index in [-0.39, 0.29) is 24.7 Å². The van der Waals surface area contributed by atoms with Gasteiger partial charge in [0.05, 0.1) is 31.2 Å². The number of hydrogen-bond acceptors (Lipinski definition) is 6. The summed E-state index contributed by atoms with van der Waals surface area (Å²) in [6, 6.07) is 3.55. The number of nitrogens with one attached hydrogen (secondary N) is 2. The maximum Gasteiger partial charge on any atom is 0.239 e. The Bertz CT molecular complexity index is 573. The molecule has 0 spiro atoms. The number of aromatic nitrogens is 1. The summed E-state index contributed by atoms with van der Waals surface area (Å²) in [6.07, 6.45) is 3.25. The number of morpholine rings is 1. The first-order valence-corrected chi connectivity index (χ1v) is 8.65. The van der Waals surface area contributed by atoms with Crippen molar-refractivity contribution in [1.82, 2.24) is 14.6 Å². The molecule has 1 aliphatic rings. The lowest BCUT2D eigenvalue weighted by Crippen LogP contribution is -2.44. The van der Waals surface area contributed by atoms with Gasteiger partial charge in [-0.05, 0) is 12.1 Å². The van der Waals surface area contributed by atoms with Crippen LogP contribution in [0.25, 0.3) is 0 Å². The zero-order chi connectivity index (χ0) is 15.8. The number of nitrogens with zero attached hydrogens (tertiary/aromatic N) is 2. The molecule has 0 radical (unpaired) electrons. The predicted octanol–water partition coefficient (Wildman–Crippen LogP) is -0.728. The number of rotatable bonds is 7. The van der Waals surface area contributed by atoms with Crippen LogP contribution in [0.1, 0.15) is 0 Å². The summed E-state index contributed by atoms with van der Waals surface area (Å²) in [5.41, 5.74) is 0.735. The van der Waals surface area contributed by atoms with Crippen LogP contribution >= 0.6 is 0 Å². The second kappa shape index (κ2) is 8.06. The lowest BCUT2D eigenvalue weighted by molar-refractivity contribution is -0.119. The van der Waals surface area contributed by atoms with Gasteiger partial charge in [0.25, 0.3) is 0 Å². The predicted molar refractivity (Wildman–Crippen MR) is 81.9 cm³/mol. The van der Waals surface area contributed by atoms with E-state index in [9.17, 15) is 13.2 Å². The number of hydrogen-bond donors (Lipinski definition) is 2. The first-order valence-electron chi connectivity index (χ1n) is 7.04. The first-order chi connectivity index (χ1) is 10.6. The van der Waals surface area contributed by atoms with Crippen molar-refractivity contribution in [3.05, 3.63) is 24.5 Å². The van der Waals surface area contributed by atoms with Crippen molar-refractivity contribution in [1.29, 1.82) is 0 Å². The Morgan fingerprint density at radius 1 is 1.36 bits per heavy atom. The quantitative estimate of drug-likeness (QED) is 0.684. The molecule has 2 heterocycles. The second-order valence-electron chi connectivity index (χ2n) is 4.77. The minimum atomic E-state index is -3.34. The molecule has 0 unspecified atom stereocenters. The molecule has 0 bridgehead atoms. The third-order valence-electron chi connectivity index (χ3n) is 3.16. The van der Waals surface area contributed by atoms with Gasteiger partial charge in [-0.15, -0.1) is 0 Å². The SMILES string of the molecule is O=C(CNc1cccnc1)NCCS(=O)(=O)N1CCOCC1.